The standard InChI is InChI=1S/C13H22BrN5/c1-4-10-12(14)13(15)17-11(16-10)7-9-8-18(2)5-6-19(9)3/h9H,4-8H2,1-3H3,(H2,15,16,17). The lowest BCUT2D eigenvalue weighted by atomic mass is 10.1. The van der Waals surface area contributed by atoms with Gasteiger partial charge in [0.25, 0.3) is 0 Å². The summed E-state index contributed by atoms with van der Waals surface area (Å²) in [5.74, 6) is 1.40. The third-order valence-corrected chi connectivity index (χ3v) is 4.59. The number of aromatic nitrogens is 2. The number of anilines is 1. The highest BCUT2D eigenvalue weighted by molar-refractivity contribution is 9.10. The van der Waals surface area contributed by atoms with Crippen LogP contribution < -0.4 is 5.73 Å². The van der Waals surface area contributed by atoms with Crippen LogP contribution >= 0.6 is 15.9 Å². The number of hydrogen-bond acceptors (Lipinski definition) is 5. The van der Waals surface area contributed by atoms with E-state index in [-0.39, 0.29) is 0 Å². The van der Waals surface area contributed by atoms with Gasteiger partial charge >= 0.3 is 0 Å². The fourth-order valence-corrected chi connectivity index (χ4v) is 2.88. The monoisotopic (exact) mass is 327 g/mol. The second-order valence-electron chi connectivity index (χ2n) is 5.24. The maximum absolute atomic E-state index is 5.94. The minimum Gasteiger partial charge on any atom is -0.383 e. The van der Waals surface area contributed by atoms with Gasteiger partial charge in [0.05, 0.1) is 10.2 Å². The molecule has 1 unspecified atom stereocenters. The van der Waals surface area contributed by atoms with Crippen LogP contribution in [-0.4, -0.2) is 59.5 Å². The Balaban J connectivity index is 2.16. The highest BCUT2D eigenvalue weighted by Gasteiger charge is 2.23. The van der Waals surface area contributed by atoms with Gasteiger partial charge < -0.3 is 15.5 Å². The molecule has 1 aliphatic rings. The molecule has 1 aromatic rings. The molecule has 0 bridgehead atoms. The average molecular weight is 328 g/mol. The molecule has 1 aromatic heterocycles. The predicted octanol–water partition coefficient (Wildman–Crippen LogP) is 1.17. The molecule has 2 rings (SSSR count). The third-order valence-electron chi connectivity index (χ3n) is 3.73. The predicted molar refractivity (Wildman–Crippen MR) is 81.1 cm³/mol. The third kappa shape index (κ3) is 3.43. The van der Waals surface area contributed by atoms with Crippen molar-refractivity contribution in [1.82, 2.24) is 19.8 Å². The highest BCUT2D eigenvalue weighted by atomic mass is 79.9. The molecule has 2 N–H and O–H groups in total. The van der Waals surface area contributed by atoms with Crippen molar-refractivity contribution in [2.45, 2.75) is 25.8 Å². The highest BCUT2D eigenvalue weighted by Crippen LogP contribution is 2.22. The molecular weight excluding hydrogens is 306 g/mol. The smallest absolute Gasteiger partial charge is 0.141 e. The molecule has 5 nitrogen and oxygen atoms in total. The van der Waals surface area contributed by atoms with Gasteiger partial charge in [-0.15, -0.1) is 0 Å². The summed E-state index contributed by atoms with van der Waals surface area (Å²) in [6, 6.07) is 0.462. The Kier molecular flexibility index (Phi) is 4.76. The van der Waals surface area contributed by atoms with E-state index in [1.54, 1.807) is 0 Å². The van der Waals surface area contributed by atoms with Gasteiger partial charge in [-0.05, 0) is 36.4 Å². The van der Waals surface area contributed by atoms with Crippen LogP contribution in [0.5, 0.6) is 0 Å². The first-order valence-electron chi connectivity index (χ1n) is 6.70. The molecule has 106 valence electrons. The Labute approximate surface area is 123 Å². The van der Waals surface area contributed by atoms with Crippen molar-refractivity contribution in [3.63, 3.8) is 0 Å². The Bertz CT molecular complexity index is 451. The van der Waals surface area contributed by atoms with E-state index < -0.39 is 0 Å². The minimum absolute atomic E-state index is 0.462. The maximum Gasteiger partial charge on any atom is 0.141 e. The summed E-state index contributed by atoms with van der Waals surface area (Å²) in [6.45, 7) is 5.35. The minimum atomic E-state index is 0.462. The first-order valence-corrected chi connectivity index (χ1v) is 7.50. The van der Waals surface area contributed by atoms with Crippen LogP contribution in [0.15, 0.2) is 4.47 Å². The van der Waals surface area contributed by atoms with E-state index in [0.717, 1.165) is 48.5 Å². The quantitative estimate of drug-likeness (QED) is 0.903. The fraction of sp³-hybridized carbons (Fsp3) is 0.692. The molecule has 1 fully saturated rings. The van der Waals surface area contributed by atoms with Gasteiger partial charge in [-0.25, -0.2) is 9.97 Å². The number of halogens is 1. The van der Waals surface area contributed by atoms with Gasteiger partial charge in [0, 0.05) is 32.1 Å². The summed E-state index contributed by atoms with van der Waals surface area (Å²) in [5.41, 5.74) is 6.94. The van der Waals surface area contributed by atoms with Crippen LogP contribution in [0.3, 0.4) is 0 Å². The number of rotatable bonds is 3. The molecule has 0 aromatic carbocycles. The lowest BCUT2D eigenvalue weighted by Gasteiger charge is -2.37. The summed E-state index contributed by atoms with van der Waals surface area (Å²) >= 11 is 3.45. The second kappa shape index (κ2) is 6.15. The van der Waals surface area contributed by atoms with Crippen LogP contribution in [0.1, 0.15) is 18.4 Å². The molecule has 19 heavy (non-hydrogen) atoms. The first-order chi connectivity index (χ1) is 9.01. The molecule has 1 atom stereocenters. The van der Waals surface area contributed by atoms with Gasteiger partial charge in [0.2, 0.25) is 0 Å². The SMILES string of the molecule is CCc1nc(CC2CN(C)CCN2C)nc(N)c1Br. The van der Waals surface area contributed by atoms with E-state index >= 15 is 0 Å². The Hall–Kier alpha value is -0.720. The van der Waals surface area contributed by atoms with Crippen molar-refractivity contribution in [3.8, 4) is 0 Å². The molecule has 1 aliphatic heterocycles. The zero-order valence-electron chi connectivity index (χ0n) is 11.9. The number of nitrogen functional groups attached to an aromatic ring is 1. The summed E-state index contributed by atoms with van der Waals surface area (Å²) in [4.78, 5) is 13.8. The number of aryl methyl sites for hydroxylation is 1. The normalized spacial score (nSPS) is 21.8. The number of hydrogen-bond donors (Lipinski definition) is 1. The molecule has 0 aliphatic carbocycles. The van der Waals surface area contributed by atoms with E-state index in [9.17, 15) is 0 Å². The number of piperazine rings is 1. The van der Waals surface area contributed by atoms with Gasteiger partial charge in [-0.2, -0.15) is 0 Å². The topological polar surface area (TPSA) is 58.3 Å². The van der Waals surface area contributed by atoms with Crippen molar-refractivity contribution in [2.24, 2.45) is 0 Å². The number of likely N-dealkylation sites (N-methyl/N-ethyl adjacent to an activating group) is 2. The van der Waals surface area contributed by atoms with Gasteiger partial charge in [-0.3, -0.25) is 0 Å². The lowest BCUT2D eigenvalue weighted by molar-refractivity contribution is 0.113. The fourth-order valence-electron chi connectivity index (χ4n) is 2.42. The Morgan fingerprint density at radius 2 is 2.05 bits per heavy atom. The Morgan fingerprint density at radius 1 is 1.32 bits per heavy atom. The van der Waals surface area contributed by atoms with Crippen molar-refractivity contribution >= 4 is 21.7 Å². The van der Waals surface area contributed by atoms with E-state index in [1.165, 1.54) is 0 Å². The van der Waals surface area contributed by atoms with Crippen molar-refractivity contribution in [2.75, 3.05) is 39.5 Å². The molecule has 2 heterocycles. The molecule has 0 amide bonds. The molecule has 1 saturated heterocycles. The van der Waals surface area contributed by atoms with Crippen LogP contribution in [0.4, 0.5) is 5.82 Å². The van der Waals surface area contributed by atoms with Gasteiger partial charge in [0.15, 0.2) is 0 Å². The number of nitrogens with two attached hydrogens (primary N) is 1. The summed E-state index contributed by atoms with van der Waals surface area (Å²) in [6.07, 6.45) is 1.71. The summed E-state index contributed by atoms with van der Waals surface area (Å²) in [5, 5.41) is 0. The maximum atomic E-state index is 5.94. The zero-order valence-corrected chi connectivity index (χ0v) is 13.4. The van der Waals surface area contributed by atoms with Crippen LogP contribution in [0.2, 0.25) is 0 Å². The van der Waals surface area contributed by atoms with E-state index in [4.69, 9.17) is 5.73 Å². The van der Waals surface area contributed by atoms with Crippen molar-refractivity contribution < 1.29 is 0 Å². The van der Waals surface area contributed by atoms with Crippen LogP contribution in [0, 0.1) is 0 Å². The Morgan fingerprint density at radius 3 is 2.74 bits per heavy atom. The summed E-state index contributed by atoms with van der Waals surface area (Å²) < 4.78 is 0.841. The molecule has 0 saturated carbocycles. The number of nitrogens with zero attached hydrogens (tertiary/aromatic N) is 4. The van der Waals surface area contributed by atoms with Crippen LogP contribution in [-0.2, 0) is 12.8 Å². The van der Waals surface area contributed by atoms with Gasteiger partial charge in [0.1, 0.15) is 11.6 Å². The summed E-state index contributed by atoms with van der Waals surface area (Å²) in [7, 11) is 4.33. The first kappa shape index (κ1) is 14.7. The van der Waals surface area contributed by atoms with E-state index in [2.05, 4.69) is 56.7 Å². The molecule has 0 radical (unpaired) electrons. The van der Waals surface area contributed by atoms with Crippen molar-refractivity contribution in [1.29, 1.82) is 0 Å². The van der Waals surface area contributed by atoms with E-state index in [1.807, 2.05) is 0 Å². The molecular formula is C13H22BrN5. The van der Waals surface area contributed by atoms with Crippen molar-refractivity contribution in [3.05, 3.63) is 16.0 Å². The second-order valence-corrected chi connectivity index (χ2v) is 6.03. The molecule has 0 spiro atoms. The molecule has 6 heteroatoms. The van der Waals surface area contributed by atoms with Gasteiger partial charge in [-0.1, -0.05) is 6.92 Å². The average Bonchev–Trinajstić information content (AvgIpc) is 2.38. The van der Waals surface area contributed by atoms with Crippen LogP contribution in [0.25, 0.3) is 0 Å². The van der Waals surface area contributed by atoms with E-state index in [0.29, 0.717) is 11.9 Å². The lowest BCUT2D eigenvalue weighted by Crippen LogP contribution is -2.51. The largest absolute Gasteiger partial charge is 0.383 e. The zero-order chi connectivity index (χ0) is 14.0.